The molecule has 0 radical (unpaired) electrons. The van der Waals surface area contributed by atoms with E-state index in [0.717, 1.165) is 25.7 Å². The Morgan fingerprint density at radius 3 is 2.55 bits per heavy atom. The van der Waals surface area contributed by atoms with E-state index in [-0.39, 0.29) is 11.9 Å². The molecule has 1 saturated carbocycles. The first-order valence-corrected chi connectivity index (χ1v) is 7.08. The van der Waals surface area contributed by atoms with Gasteiger partial charge in [0.2, 0.25) is 0 Å². The van der Waals surface area contributed by atoms with E-state index in [1.807, 2.05) is 0 Å². The van der Waals surface area contributed by atoms with Crippen LogP contribution in [0.2, 0.25) is 0 Å². The van der Waals surface area contributed by atoms with Gasteiger partial charge in [-0.1, -0.05) is 19.3 Å². The van der Waals surface area contributed by atoms with E-state index in [2.05, 4.69) is 10.3 Å². The molecule has 1 fully saturated rings. The predicted molar refractivity (Wildman–Crippen MR) is 74.1 cm³/mol. The maximum absolute atomic E-state index is 12.0. The highest BCUT2D eigenvalue weighted by Gasteiger charge is 2.22. The smallest absolute Gasteiger partial charge is 0.339 e. The summed E-state index contributed by atoms with van der Waals surface area (Å²) in [5, 5.41) is 2.95. The van der Waals surface area contributed by atoms with Gasteiger partial charge in [0.25, 0.3) is 5.91 Å². The molecule has 1 aromatic heterocycles. The van der Waals surface area contributed by atoms with Gasteiger partial charge in [0.1, 0.15) is 0 Å². The van der Waals surface area contributed by atoms with Crippen LogP contribution < -0.4 is 5.32 Å². The lowest BCUT2D eigenvalue weighted by Gasteiger charge is -2.24. The van der Waals surface area contributed by atoms with Crippen LogP contribution in [-0.2, 0) is 9.53 Å². The Balaban J connectivity index is 1.83. The van der Waals surface area contributed by atoms with Crippen molar-refractivity contribution in [1.82, 2.24) is 10.3 Å². The molecule has 0 spiro atoms. The second-order valence-electron chi connectivity index (χ2n) is 5.13. The minimum Gasteiger partial charge on any atom is -0.449 e. The molecule has 0 saturated heterocycles. The average Bonchev–Trinajstić information content (AvgIpc) is 2.49. The zero-order chi connectivity index (χ0) is 14.4. The second-order valence-corrected chi connectivity index (χ2v) is 5.13. The average molecular weight is 276 g/mol. The summed E-state index contributed by atoms with van der Waals surface area (Å²) in [4.78, 5) is 27.6. The zero-order valence-electron chi connectivity index (χ0n) is 11.7. The number of ether oxygens (including phenoxy) is 1. The van der Waals surface area contributed by atoms with Gasteiger partial charge in [0, 0.05) is 18.4 Å². The number of aromatic nitrogens is 1. The zero-order valence-corrected chi connectivity index (χ0v) is 11.7. The molecule has 1 N–H and O–H groups in total. The third-order valence-electron chi connectivity index (χ3n) is 3.52. The molecule has 20 heavy (non-hydrogen) atoms. The molecule has 1 atom stereocenters. The maximum Gasteiger partial charge on any atom is 0.339 e. The third-order valence-corrected chi connectivity index (χ3v) is 3.52. The molecule has 0 aromatic carbocycles. The van der Waals surface area contributed by atoms with Crippen molar-refractivity contribution >= 4 is 11.9 Å². The van der Waals surface area contributed by atoms with E-state index in [1.165, 1.54) is 18.8 Å². The Kier molecular flexibility index (Phi) is 5.09. The summed E-state index contributed by atoms with van der Waals surface area (Å²) < 4.78 is 5.16. The summed E-state index contributed by atoms with van der Waals surface area (Å²) in [5.74, 6) is -0.724. The van der Waals surface area contributed by atoms with Gasteiger partial charge in [-0.25, -0.2) is 4.79 Å². The minimum atomic E-state index is -0.780. The number of rotatable bonds is 4. The highest BCUT2D eigenvalue weighted by atomic mass is 16.5. The van der Waals surface area contributed by atoms with E-state index in [0.29, 0.717) is 5.56 Å². The van der Waals surface area contributed by atoms with E-state index in [9.17, 15) is 9.59 Å². The molecule has 2 rings (SSSR count). The van der Waals surface area contributed by atoms with Crippen LogP contribution in [0, 0.1) is 0 Å². The number of pyridine rings is 1. The minimum absolute atomic E-state index is 0.221. The lowest BCUT2D eigenvalue weighted by molar-refractivity contribution is -0.130. The Hall–Kier alpha value is -1.91. The summed E-state index contributed by atoms with van der Waals surface area (Å²) in [6.07, 6.45) is 7.81. The van der Waals surface area contributed by atoms with Gasteiger partial charge in [-0.15, -0.1) is 0 Å². The lowest BCUT2D eigenvalue weighted by Crippen LogP contribution is -2.42. The number of nitrogens with zero attached hydrogens (tertiary/aromatic N) is 1. The fourth-order valence-electron chi connectivity index (χ4n) is 2.34. The predicted octanol–water partition coefficient (Wildman–Crippen LogP) is 2.08. The molecule has 108 valence electrons. The van der Waals surface area contributed by atoms with E-state index in [1.54, 1.807) is 19.1 Å². The van der Waals surface area contributed by atoms with Crippen molar-refractivity contribution in [3.8, 4) is 0 Å². The van der Waals surface area contributed by atoms with Crippen molar-refractivity contribution in [3.63, 3.8) is 0 Å². The van der Waals surface area contributed by atoms with Crippen molar-refractivity contribution < 1.29 is 14.3 Å². The van der Waals surface area contributed by atoms with Gasteiger partial charge < -0.3 is 10.1 Å². The quantitative estimate of drug-likeness (QED) is 0.855. The van der Waals surface area contributed by atoms with E-state index < -0.39 is 12.1 Å². The summed E-state index contributed by atoms with van der Waals surface area (Å²) in [6.45, 7) is 1.59. The Morgan fingerprint density at radius 2 is 1.90 bits per heavy atom. The standard InChI is InChI=1S/C15H20N2O3/c1-11(14(18)17-13-5-3-2-4-6-13)20-15(19)12-7-9-16-10-8-12/h7-11,13H,2-6H2,1H3,(H,17,18)/t11-/m1/s1. The molecule has 0 aliphatic heterocycles. The van der Waals surface area contributed by atoms with Crippen molar-refractivity contribution in [2.45, 2.75) is 51.2 Å². The lowest BCUT2D eigenvalue weighted by atomic mass is 9.95. The molecular weight excluding hydrogens is 256 g/mol. The molecule has 0 unspecified atom stereocenters. The van der Waals surface area contributed by atoms with Gasteiger partial charge in [-0.3, -0.25) is 9.78 Å². The van der Waals surface area contributed by atoms with Gasteiger partial charge in [0.15, 0.2) is 6.10 Å². The fourth-order valence-corrected chi connectivity index (χ4v) is 2.34. The Bertz CT molecular complexity index is 455. The van der Waals surface area contributed by atoms with Crippen molar-refractivity contribution in [1.29, 1.82) is 0 Å². The van der Waals surface area contributed by atoms with Crippen molar-refractivity contribution in [2.24, 2.45) is 0 Å². The molecule has 1 amide bonds. The Labute approximate surface area is 118 Å². The van der Waals surface area contributed by atoms with Crippen LogP contribution >= 0.6 is 0 Å². The van der Waals surface area contributed by atoms with Crippen LogP contribution in [0.1, 0.15) is 49.4 Å². The molecule has 5 nitrogen and oxygen atoms in total. The van der Waals surface area contributed by atoms with Crippen LogP contribution in [0.15, 0.2) is 24.5 Å². The summed E-state index contributed by atoms with van der Waals surface area (Å²) in [7, 11) is 0. The first-order valence-electron chi connectivity index (χ1n) is 7.08. The van der Waals surface area contributed by atoms with Gasteiger partial charge in [-0.05, 0) is 31.9 Å². The van der Waals surface area contributed by atoms with Gasteiger partial charge in [0.05, 0.1) is 5.56 Å². The summed E-state index contributed by atoms with van der Waals surface area (Å²) in [5.41, 5.74) is 0.400. The third kappa shape index (κ3) is 4.05. The highest BCUT2D eigenvalue weighted by Crippen LogP contribution is 2.17. The molecule has 1 aliphatic carbocycles. The number of amides is 1. The van der Waals surface area contributed by atoms with Crippen LogP contribution in [0.25, 0.3) is 0 Å². The summed E-state index contributed by atoms with van der Waals surface area (Å²) >= 11 is 0. The van der Waals surface area contributed by atoms with Gasteiger partial charge in [-0.2, -0.15) is 0 Å². The molecule has 1 aliphatic rings. The number of esters is 1. The van der Waals surface area contributed by atoms with Crippen molar-refractivity contribution in [2.75, 3.05) is 0 Å². The summed E-state index contributed by atoms with van der Waals surface area (Å²) in [6, 6.07) is 3.35. The molecule has 5 heteroatoms. The van der Waals surface area contributed by atoms with E-state index >= 15 is 0 Å². The van der Waals surface area contributed by atoms with Crippen LogP contribution in [-0.4, -0.2) is 29.0 Å². The SMILES string of the molecule is C[C@@H](OC(=O)c1ccncc1)C(=O)NC1CCCCC1. The topological polar surface area (TPSA) is 68.3 Å². The first kappa shape index (κ1) is 14.5. The normalized spacial score (nSPS) is 17.2. The van der Waals surface area contributed by atoms with Crippen molar-refractivity contribution in [3.05, 3.63) is 30.1 Å². The molecule has 0 bridgehead atoms. The molecule has 1 heterocycles. The maximum atomic E-state index is 12.0. The van der Waals surface area contributed by atoms with Gasteiger partial charge >= 0.3 is 5.97 Å². The largest absolute Gasteiger partial charge is 0.449 e. The van der Waals surface area contributed by atoms with Crippen LogP contribution in [0.5, 0.6) is 0 Å². The first-order chi connectivity index (χ1) is 9.66. The van der Waals surface area contributed by atoms with E-state index in [4.69, 9.17) is 4.74 Å². The number of carbonyl (C=O) groups excluding carboxylic acids is 2. The second kappa shape index (κ2) is 7.03. The van der Waals surface area contributed by atoms with Crippen LogP contribution in [0.4, 0.5) is 0 Å². The number of carbonyl (C=O) groups is 2. The van der Waals surface area contributed by atoms with Crippen LogP contribution in [0.3, 0.4) is 0 Å². The molecular formula is C15H20N2O3. The monoisotopic (exact) mass is 276 g/mol. The Morgan fingerprint density at radius 1 is 1.25 bits per heavy atom. The highest BCUT2D eigenvalue weighted by molar-refractivity contribution is 5.92. The fraction of sp³-hybridized carbons (Fsp3) is 0.533. The number of hydrogen-bond acceptors (Lipinski definition) is 4. The number of nitrogens with one attached hydrogen (secondary N) is 1. The molecule has 1 aromatic rings. The number of hydrogen-bond donors (Lipinski definition) is 1.